The fourth-order valence-corrected chi connectivity index (χ4v) is 2.54. The summed E-state index contributed by atoms with van der Waals surface area (Å²) in [5.41, 5.74) is 2.70. The molecule has 100 valence electrons. The van der Waals surface area contributed by atoms with Crippen LogP contribution in [0.3, 0.4) is 0 Å². The third kappa shape index (κ3) is 2.83. The molecule has 1 heterocycles. The molecule has 0 fully saturated rings. The van der Waals surface area contributed by atoms with Crippen molar-refractivity contribution < 1.29 is 4.79 Å². The third-order valence-corrected chi connectivity index (χ3v) is 3.71. The minimum atomic E-state index is -0.0770. The Hall–Kier alpha value is -2.27. The summed E-state index contributed by atoms with van der Waals surface area (Å²) in [4.78, 5) is 13.1. The van der Waals surface area contributed by atoms with Gasteiger partial charge in [-0.1, -0.05) is 30.3 Å². The highest BCUT2D eigenvalue weighted by Crippen LogP contribution is 2.31. The highest BCUT2D eigenvalue weighted by Gasteiger charge is 2.11. The van der Waals surface area contributed by atoms with E-state index < -0.39 is 0 Å². The lowest BCUT2D eigenvalue weighted by Gasteiger charge is -2.12. The van der Waals surface area contributed by atoms with E-state index in [-0.39, 0.29) is 5.91 Å². The van der Waals surface area contributed by atoms with Crippen LogP contribution in [0.25, 0.3) is 0 Å². The van der Waals surface area contributed by atoms with E-state index in [1.54, 1.807) is 6.34 Å². The molecule has 5 heteroatoms. The summed E-state index contributed by atoms with van der Waals surface area (Å²) < 4.78 is 4.06. The van der Waals surface area contributed by atoms with Crippen molar-refractivity contribution in [2.24, 2.45) is 4.40 Å². The SMILES string of the molecule is O=C(NCc1ccccc1)c1ccc2c(c1)SN=CN2. The van der Waals surface area contributed by atoms with Gasteiger partial charge in [0, 0.05) is 24.1 Å². The molecule has 1 amide bonds. The smallest absolute Gasteiger partial charge is 0.251 e. The number of hydrogen-bond donors (Lipinski definition) is 2. The van der Waals surface area contributed by atoms with Gasteiger partial charge in [-0.3, -0.25) is 4.79 Å². The van der Waals surface area contributed by atoms with E-state index in [0.29, 0.717) is 12.1 Å². The largest absolute Gasteiger partial charge is 0.348 e. The van der Waals surface area contributed by atoms with Gasteiger partial charge < -0.3 is 10.6 Å². The van der Waals surface area contributed by atoms with Crippen molar-refractivity contribution >= 4 is 29.9 Å². The van der Waals surface area contributed by atoms with Gasteiger partial charge in [0.15, 0.2) is 0 Å². The van der Waals surface area contributed by atoms with Gasteiger partial charge in [0.05, 0.1) is 10.6 Å². The van der Waals surface area contributed by atoms with Gasteiger partial charge in [-0.25, -0.2) is 4.40 Å². The maximum Gasteiger partial charge on any atom is 0.251 e. The number of nitrogens with zero attached hydrogens (tertiary/aromatic N) is 1. The topological polar surface area (TPSA) is 53.5 Å². The van der Waals surface area contributed by atoms with Gasteiger partial charge in [0.2, 0.25) is 0 Å². The molecule has 1 aliphatic heterocycles. The fourth-order valence-electron chi connectivity index (χ4n) is 1.92. The first-order valence-electron chi connectivity index (χ1n) is 6.24. The average Bonchev–Trinajstić information content (AvgIpc) is 2.53. The Morgan fingerprint density at radius 3 is 2.90 bits per heavy atom. The Balaban J connectivity index is 1.69. The van der Waals surface area contributed by atoms with E-state index in [4.69, 9.17) is 0 Å². The van der Waals surface area contributed by atoms with Gasteiger partial charge in [0.25, 0.3) is 5.91 Å². The van der Waals surface area contributed by atoms with Crippen molar-refractivity contribution in [1.82, 2.24) is 5.32 Å². The number of carbonyl (C=O) groups is 1. The van der Waals surface area contributed by atoms with Crippen LogP contribution in [0.15, 0.2) is 57.8 Å². The number of nitrogens with one attached hydrogen (secondary N) is 2. The molecule has 1 aliphatic rings. The molecule has 0 radical (unpaired) electrons. The molecule has 4 nitrogen and oxygen atoms in total. The standard InChI is InChI=1S/C15H13N3OS/c19-15(16-9-11-4-2-1-3-5-11)12-6-7-13-14(8-12)20-18-10-17-13/h1-8,10H,9H2,(H,16,19)(H,17,18). The molecule has 0 spiro atoms. The third-order valence-electron chi connectivity index (χ3n) is 2.96. The lowest BCUT2D eigenvalue weighted by molar-refractivity contribution is 0.0950. The molecule has 20 heavy (non-hydrogen) atoms. The number of anilines is 1. The zero-order valence-corrected chi connectivity index (χ0v) is 11.5. The van der Waals surface area contributed by atoms with Crippen LogP contribution in [0.2, 0.25) is 0 Å². The molecule has 0 bridgehead atoms. The van der Waals surface area contributed by atoms with Crippen LogP contribution in [0.5, 0.6) is 0 Å². The van der Waals surface area contributed by atoms with Crippen LogP contribution in [0.1, 0.15) is 15.9 Å². The van der Waals surface area contributed by atoms with Crippen LogP contribution in [-0.2, 0) is 6.54 Å². The molecular formula is C15H13N3OS. The minimum absolute atomic E-state index is 0.0770. The summed E-state index contributed by atoms with van der Waals surface area (Å²) in [6.07, 6.45) is 1.64. The van der Waals surface area contributed by atoms with Gasteiger partial charge in [-0.05, 0) is 23.8 Å². The van der Waals surface area contributed by atoms with Crippen molar-refractivity contribution in [2.75, 3.05) is 5.32 Å². The molecule has 2 aromatic carbocycles. The number of rotatable bonds is 3. The van der Waals surface area contributed by atoms with Crippen molar-refractivity contribution in [3.05, 3.63) is 59.7 Å². The van der Waals surface area contributed by atoms with Crippen molar-refractivity contribution in [3.8, 4) is 0 Å². The minimum Gasteiger partial charge on any atom is -0.348 e. The van der Waals surface area contributed by atoms with E-state index in [0.717, 1.165) is 16.1 Å². The second-order valence-corrected chi connectivity index (χ2v) is 5.18. The second-order valence-electron chi connectivity index (χ2n) is 4.35. The normalized spacial score (nSPS) is 12.4. The molecule has 0 atom stereocenters. The van der Waals surface area contributed by atoms with E-state index >= 15 is 0 Å². The van der Waals surface area contributed by atoms with Crippen LogP contribution >= 0.6 is 11.9 Å². The maximum absolute atomic E-state index is 12.1. The Bertz CT molecular complexity index is 655. The number of carbonyl (C=O) groups excluding carboxylic acids is 1. The Morgan fingerprint density at radius 2 is 2.05 bits per heavy atom. The molecule has 3 rings (SSSR count). The predicted octanol–water partition coefficient (Wildman–Crippen LogP) is 3.08. The molecule has 0 unspecified atom stereocenters. The Morgan fingerprint density at radius 1 is 1.20 bits per heavy atom. The zero-order chi connectivity index (χ0) is 13.8. The van der Waals surface area contributed by atoms with Gasteiger partial charge in [-0.15, -0.1) is 0 Å². The summed E-state index contributed by atoms with van der Waals surface area (Å²) in [5, 5.41) is 5.96. The molecule has 0 aliphatic carbocycles. The first-order valence-corrected chi connectivity index (χ1v) is 7.02. The van der Waals surface area contributed by atoms with Crippen LogP contribution in [0, 0.1) is 0 Å². The first kappa shape index (κ1) is 12.7. The summed E-state index contributed by atoms with van der Waals surface area (Å²) in [5.74, 6) is -0.0770. The van der Waals surface area contributed by atoms with E-state index in [9.17, 15) is 4.79 Å². The molecular weight excluding hydrogens is 270 g/mol. The Kier molecular flexibility index (Phi) is 3.69. The first-order chi connectivity index (χ1) is 9.83. The predicted molar refractivity (Wildman–Crippen MR) is 82.0 cm³/mol. The summed E-state index contributed by atoms with van der Waals surface area (Å²) in [7, 11) is 0. The average molecular weight is 283 g/mol. The fraction of sp³-hybridized carbons (Fsp3) is 0.0667. The van der Waals surface area contributed by atoms with Crippen LogP contribution in [-0.4, -0.2) is 12.2 Å². The van der Waals surface area contributed by atoms with E-state index in [1.165, 1.54) is 11.9 Å². The Labute approximate surface area is 121 Å². The van der Waals surface area contributed by atoms with E-state index in [2.05, 4.69) is 15.0 Å². The summed E-state index contributed by atoms with van der Waals surface area (Å²) in [6.45, 7) is 0.528. The number of amides is 1. The lowest BCUT2D eigenvalue weighted by Crippen LogP contribution is -2.22. The maximum atomic E-state index is 12.1. The van der Waals surface area contributed by atoms with Crippen molar-refractivity contribution in [3.63, 3.8) is 0 Å². The highest BCUT2D eigenvalue weighted by atomic mass is 32.2. The lowest BCUT2D eigenvalue weighted by atomic mass is 10.1. The van der Waals surface area contributed by atoms with Gasteiger partial charge >= 0.3 is 0 Å². The highest BCUT2D eigenvalue weighted by molar-refractivity contribution is 7.98. The number of hydrogen-bond acceptors (Lipinski definition) is 4. The zero-order valence-electron chi connectivity index (χ0n) is 10.7. The molecule has 0 saturated carbocycles. The van der Waals surface area contributed by atoms with Gasteiger partial charge in [0.1, 0.15) is 6.34 Å². The number of fused-ring (bicyclic) bond motifs is 1. The molecule has 0 saturated heterocycles. The second kappa shape index (κ2) is 5.79. The molecule has 2 N–H and O–H groups in total. The quantitative estimate of drug-likeness (QED) is 0.851. The van der Waals surface area contributed by atoms with E-state index in [1.807, 2.05) is 48.5 Å². The summed E-state index contributed by atoms with van der Waals surface area (Å²) >= 11 is 1.36. The molecule has 2 aromatic rings. The van der Waals surface area contributed by atoms with Crippen LogP contribution in [0.4, 0.5) is 5.69 Å². The van der Waals surface area contributed by atoms with Crippen molar-refractivity contribution in [1.29, 1.82) is 0 Å². The summed E-state index contributed by atoms with van der Waals surface area (Å²) in [6, 6.07) is 15.4. The monoisotopic (exact) mass is 283 g/mol. The molecule has 0 aromatic heterocycles. The van der Waals surface area contributed by atoms with Gasteiger partial charge in [-0.2, -0.15) is 0 Å². The van der Waals surface area contributed by atoms with Crippen LogP contribution < -0.4 is 10.6 Å². The number of benzene rings is 2. The van der Waals surface area contributed by atoms with Crippen molar-refractivity contribution in [2.45, 2.75) is 11.4 Å².